The van der Waals surface area contributed by atoms with Crippen molar-refractivity contribution >= 4 is 11.8 Å². The molecule has 86 valence electrons. The van der Waals surface area contributed by atoms with E-state index in [-0.39, 0.29) is 35.6 Å². The summed E-state index contributed by atoms with van der Waals surface area (Å²) in [5.41, 5.74) is 0. The number of rotatable bonds is 2. The molecule has 0 radical (unpaired) electrons. The fourth-order valence-corrected chi connectivity index (χ4v) is 2.39. The van der Waals surface area contributed by atoms with E-state index in [0.717, 1.165) is 0 Å². The fourth-order valence-electron chi connectivity index (χ4n) is 2.39. The van der Waals surface area contributed by atoms with Crippen LogP contribution in [-0.2, 0) is 14.3 Å². The number of ether oxygens (including phenoxy) is 1. The van der Waals surface area contributed by atoms with Crippen molar-refractivity contribution in [2.75, 3.05) is 0 Å². The van der Waals surface area contributed by atoms with E-state index < -0.39 is 0 Å². The van der Waals surface area contributed by atoms with E-state index in [9.17, 15) is 9.59 Å². The smallest absolute Gasteiger partial charge is 0.309 e. The molecule has 3 nitrogen and oxygen atoms in total. The maximum atomic E-state index is 11.8. The molecule has 1 saturated carbocycles. The lowest BCUT2D eigenvalue weighted by Gasteiger charge is -2.32. The van der Waals surface area contributed by atoms with Gasteiger partial charge < -0.3 is 4.74 Å². The Bertz CT molecular complexity index is 244. The average Bonchev–Trinajstić information content (AvgIpc) is 1.99. The Morgan fingerprint density at radius 3 is 2.13 bits per heavy atom. The Balaban J connectivity index is 2.66. The molecule has 0 saturated heterocycles. The van der Waals surface area contributed by atoms with Gasteiger partial charge in [0.2, 0.25) is 0 Å². The summed E-state index contributed by atoms with van der Waals surface area (Å²) in [4.78, 5) is 23.1. The van der Waals surface area contributed by atoms with Crippen LogP contribution in [0.1, 0.15) is 40.5 Å². The number of hydrogen-bond acceptors (Lipinski definition) is 3. The molecular formula is C12H20O3. The van der Waals surface area contributed by atoms with Crippen LogP contribution in [0.5, 0.6) is 0 Å². The van der Waals surface area contributed by atoms with E-state index >= 15 is 0 Å². The predicted octanol–water partition coefficient (Wildman–Crippen LogP) is 2.19. The highest BCUT2D eigenvalue weighted by molar-refractivity contribution is 5.83. The third-order valence-corrected chi connectivity index (χ3v) is 2.95. The van der Waals surface area contributed by atoms with Gasteiger partial charge in [0.05, 0.1) is 12.0 Å². The quantitative estimate of drug-likeness (QED) is 0.659. The van der Waals surface area contributed by atoms with Crippen LogP contribution in [0.2, 0.25) is 0 Å². The molecule has 1 unspecified atom stereocenters. The molecule has 0 heterocycles. The van der Waals surface area contributed by atoms with Gasteiger partial charge >= 0.3 is 5.97 Å². The molecule has 1 aliphatic rings. The molecule has 1 aliphatic carbocycles. The highest BCUT2D eigenvalue weighted by Gasteiger charge is 2.38. The van der Waals surface area contributed by atoms with Crippen LogP contribution < -0.4 is 0 Å². The minimum atomic E-state index is -0.141. The summed E-state index contributed by atoms with van der Waals surface area (Å²) >= 11 is 0. The van der Waals surface area contributed by atoms with Gasteiger partial charge in [-0.15, -0.1) is 0 Å². The first-order chi connectivity index (χ1) is 6.91. The Morgan fingerprint density at radius 1 is 1.27 bits per heavy atom. The molecule has 15 heavy (non-hydrogen) atoms. The van der Waals surface area contributed by atoms with Gasteiger partial charge in [-0.2, -0.15) is 0 Å². The minimum Gasteiger partial charge on any atom is -0.463 e. The monoisotopic (exact) mass is 212 g/mol. The molecule has 0 aromatic carbocycles. The van der Waals surface area contributed by atoms with Crippen molar-refractivity contribution in [3.8, 4) is 0 Å². The Morgan fingerprint density at radius 2 is 1.73 bits per heavy atom. The zero-order valence-corrected chi connectivity index (χ0v) is 9.95. The van der Waals surface area contributed by atoms with Crippen LogP contribution in [-0.4, -0.2) is 17.9 Å². The molecule has 0 amide bonds. The second kappa shape index (κ2) is 4.77. The number of carbonyl (C=O) groups is 2. The third-order valence-electron chi connectivity index (χ3n) is 2.95. The van der Waals surface area contributed by atoms with Crippen molar-refractivity contribution in [1.29, 1.82) is 0 Å². The summed E-state index contributed by atoms with van der Waals surface area (Å²) in [7, 11) is 0. The largest absolute Gasteiger partial charge is 0.463 e. The Hall–Kier alpha value is -0.860. The maximum Gasteiger partial charge on any atom is 0.309 e. The lowest BCUT2D eigenvalue weighted by Crippen LogP contribution is -2.37. The number of carbonyl (C=O) groups excluding carboxylic acids is 2. The minimum absolute atomic E-state index is 0.0745. The molecule has 3 heteroatoms. The highest BCUT2D eigenvalue weighted by Crippen LogP contribution is 2.33. The zero-order chi connectivity index (χ0) is 11.6. The Labute approximate surface area is 91.2 Å². The van der Waals surface area contributed by atoms with Gasteiger partial charge in [-0.05, 0) is 25.7 Å². The lowest BCUT2D eigenvalue weighted by atomic mass is 9.73. The van der Waals surface area contributed by atoms with Crippen molar-refractivity contribution in [3.05, 3.63) is 0 Å². The van der Waals surface area contributed by atoms with Crippen molar-refractivity contribution in [1.82, 2.24) is 0 Å². The van der Waals surface area contributed by atoms with E-state index in [0.29, 0.717) is 12.8 Å². The van der Waals surface area contributed by atoms with E-state index in [1.807, 2.05) is 27.7 Å². The molecule has 3 atom stereocenters. The summed E-state index contributed by atoms with van der Waals surface area (Å²) in [6, 6.07) is 0. The molecule has 1 fully saturated rings. The Kier molecular flexibility index (Phi) is 3.89. The van der Waals surface area contributed by atoms with Gasteiger partial charge in [-0.1, -0.05) is 13.8 Å². The average molecular weight is 212 g/mol. The van der Waals surface area contributed by atoms with Crippen LogP contribution in [0.3, 0.4) is 0 Å². The predicted molar refractivity (Wildman–Crippen MR) is 57.3 cm³/mol. The standard InChI is InChI=1S/C12H20O3/c1-7(2)15-12(14)11-8(3)5-10(13)6-9(11)4/h7-9,11H,5-6H2,1-4H3/t8-,9+,11?. The zero-order valence-electron chi connectivity index (χ0n) is 9.95. The van der Waals surface area contributed by atoms with Crippen molar-refractivity contribution in [2.24, 2.45) is 17.8 Å². The normalized spacial score (nSPS) is 31.8. The van der Waals surface area contributed by atoms with Gasteiger partial charge in [0.1, 0.15) is 5.78 Å². The van der Waals surface area contributed by atoms with Crippen LogP contribution in [0.15, 0.2) is 0 Å². The van der Waals surface area contributed by atoms with E-state index in [1.165, 1.54) is 0 Å². The summed E-state index contributed by atoms with van der Waals surface area (Å²) < 4.78 is 5.22. The van der Waals surface area contributed by atoms with Gasteiger partial charge in [0.25, 0.3) is 0 Å². The summed E-state index contributed by atoms with van der Waals surface area (Å²) in [6.45, 7) is 7.61. The second-order valence-electron chi connectivity index (χ2n) is 4.91. The first-order valence-corrected chi connectivity index (χ1v) is 5.64. The van der Waals surface area contributed by atoms with Gasteiger partial charge in [-0.25, -0.2) is 0 Å². The van der Waals surface area contributed by atoms with Crippen LogP contribution >= 0.6 is 0 Å². The van der Waals surface area contributed by atoms with E-state index in [1.54, 1.807) is 0 Å². The molecular weight excluding hydrogens is 192 g/mol. The van der Waals surface area contributed by atoms with Gasteiger partial charge in [-0.3, -0.25) is 9.59 Å². The summed E-state index contributed by atoms with van der Waals surface area (Å²) in [5, 5.41) is 0. The number of esters is 1. The first kappa shape index (κ1) is 12.2. The molecule has 1 rings (SSSR count). The lowest BCUT2D eigenvalue weighted by molar-refractivity contribution is -0.158. The molecule has 0 N–H and O–H groups in total. The summed E-state index contributed by atoms with van der Waals surface area (Å²) in [5.74, 6) is 0.256. The topological polar surface area (TPSA) is 43.4 Å². The highest BCUT2D eigenvalue weighted by atomic mass is 16.5. The van der Waals surface area contributed by atoms with Crippen LogP contribution in [0.4, 0.5) is 0 Å². The molecule has 0 bridgehead atoms. The first-order valence-electron chi connectivity index (χ1n) is 5.64. The van der Waals surface area contributed by atoms with E-state index in [2.05, 4.69) is 0 Å². The van der Waals surface area contributed by atoms with Crippen molar-refractivity contribution < 1.29 is 14.3 Å². The van der Waals surface area contributed by atoms with Crippen molar-refractivity contribution in [2.45, 2.75) is 46.6 Å². The van der Waals surface area contributed by atoms with Gasteiger partial charge in [0, 0.05) is 12.8 Å². The maximum absolute atomic E-state index is 11.8. The summed E-state index contributed by atoms with van der Waals surface area (Å²) in [6.07, 6.45) is 0.958. The second-order valence-corrected chi connectivity index (χ2v) is 4.91. The van der Waals surface area contributed by atoms with Crippen LogP contribution in [0, 0.1) is 17.8 Å². The number of ketones is 1. The third kappa shape index (κ3) is 3.05. The molecule has 0 aromatic rings. The van der Waals surface area contributed by atoms with E-state index in [4.69, 9.17) is 4.74 Å². The number of hydrogen-bond donors (Lipinski definition) is 0. The van der Waals surface area contributed by atoms with Crippen molar-refractivity contribution in [3.63, 3.8) is 0 Å². The fraction of sp³-hybridized carbons (Fsp3) is 0.833. The SMILES string of the molecule is CC(C)OC(=O)C1[C@H](C)CC(=O)C[C@@H]1C. The molecule has 0 aliphatic heterocycles. The van der Waals surface area contributed by atoms with Crippen LogP contribution in [0.25, 0.3) is 0 Å². The van der Waals surface area contributed by atoms with Gasteiger partial charge in [0.15, 0.2) is 0 Å². The molecule has 0 spiro atoms. The molecule has 0 aromatic heterocycles. The number of Topliss-reactive ketones (excluding diaryl/α,β-unsaturated/α-hetero) is 1.